The zero-order valence-electron chi connectivity index (χ0n) is 10.0. The van der Waals surface area contributed by atoms with Gasteiger partial charge >= 0.3 is 18.5 Å². The van der Waals surface area contributed by atoms with Crippen LogP contribution in [0.3, 0.4) is 0 Å². The number of benzene rings is 1. The summed E-state index contributed by atoms with van der Waals surface area (Å²) in [4.78, 5) is 10.3. The molecule has 118 valence electrons. The van der Waals surface area contributed by atoms with Crippen LogP contribution in [0.5, 0.6) is 11.5 Å². The van der Waals surface area contributed by atoms with E-state index < -0.39 is 42.5 Å². The van der Waals surface area contributed by atoms with E-state index in [-0.39, 0.29) is 0 Å². The Morgan fingerprint density at radius 2 is 1.52 bits per heavy atom. The van der Waals surface area contributed by atoms with Crippen LogP contribution in [0.15, 0.2) is 24.3 Å². The minimum atomic E-state index is -4.93. The van der Waals surface area contributed by atoms with Crippen molar-refractivity contribution in [3.63, 3.8) is 0 Å². The number of alkyl halides is 6. The Bertz CT molecular complexity index is 479. The summed E-state index contributed by atoms with van der Waals surface area (Å²) in [6.45, 7) is 0. The topological polar surface area (TPSA) is 55.8 Å². The number of hydrogen-bond acceptors (Lipinski definition) is 3. The summed E-state index contributed by atoms with van der Waals surface area (Å²) >= 11 is 0. The zero-order valence-corrected chi connectivity index (χ0v) is 10.0. The second-order valence-corrected chi connectivity index (χ2v) is 3.77. The Hall–Kier alpha value is -2.13. The van der Waals surface area contributed by atoms with Crippen molar-refractivity contribution < 1.29 is 45.7 Å². The highest BCUT2D eigenvalue weighted by molar-refractivity contribution is 5.67. The summed E-state index contributed by atoms with van der Waals surface area (Å²) in [5.74, 6) is -2.81. The van der Waals surface area contributed by atoms with Crippen LogP contribution in [-0.2, 0) is 4.79 Å². The predicted octanol–water partition coefficient (Wildman–Crippen LogP) is 3.37. The maximum absolute atomic E-state index is 12.5. The van der Waals surface area contributed by atoms with E-state index in [1.165, 1.54) is 0 Å². The van der Waals surface area contributed by atoms with E-state index in [0.717, 1.165) is 24.3 Å². The van der Waals surface area contributed by atoms with Gasteiger partial charge in [0.2, 0.25) is 6.10 Å². The van der Waals surface area contributed by atoms with E-state index in [4.69, 9.17) is 5.11 Å². The molecule has 1 aromatic rings. The molecule has 0 saturated heterocycles. The van der Waals surface area contributed by atoms with Gasteiger partial charge in [-0.15, -0.1) is 13.2 Å². The maximum atomic E-state index is 12.5. The van der Waals surface area contributed by atoms with Crippen molar-refractivity contribution in [1.29, 1.82) is 0 Å². The molecule has 0 amide bonds. The highest BCUT2D eigenvalue weighted by Crippen LogP contribution is 2.29. The minimum Gasteiger partial charge on any atom is -0.481 e. The molecular weight excluding hydrogens is 310 g/mol. The molecule has 0 aliphatic heterocycles. The molecule has 1 unspecified atom stereocenters. The number of aliphatic carboxylic acids is 1. The Morgan fingerprint density at radius 3 is 1.90 bits per heavy atom. The summed E-state index contributed by atoms with van der Waals surface area (Å²) in [5.41, 5.74) is 0. The van der Waals surface area contributed by atoms with Crippen molar-refractivity contribution in [3.05, 3.63) is 24.3 Å². The molecule has 0 spiro atoms. The molecule has 10 heteroatoms. The highest BCUT2D eigenvalue weighted by atomic mass is 19.4. The van der Waals surface area contributed by atoms with Crippen molar-refractivity contribution in [2.24, 2.45) is 0 Å². The summed E-state index contributed by atoms with van der Waals surface area (Å²) < 4.78 is 81.1. The fourth-order valence-electron chi connectivity index (χ4n) is 1.27. The van der Waals surface area contributed by atoms with E-state index in [2.05, 4.69) is 9.47 Å². The van der Waals surface area contributed by atoms with Crippen LogP contribution in [0.4, 0.5) is 26.3 Å². The van der Waals surface area contributed by atoms with Gasteiger partial charge in [-0.1, -0.05) is 0 Å². The third kappa shape index (κ3) is 6.23. The number of ether oxygens (including phenoxy) is 2. The van der Waals surface area contributed by atoms with Crippen molar-refractivity contribution in [3.8, 4) is 11.5 Å². The first-order valence-electron chi connectivity index (χ1n) is 5.28. The van der Waals surface area contributed by atoms with Crippen LogP contribution in [0, 0.1) is 0 Å². The standard InChI is InChI=1S/C11H8F6O4/c12-10(13,14)8(5-9(18)19)20-6-1-3-7(4-2-6)21-11(15,16)17/h1-4,8H,5H2,(H,18,19). The van der Waals surface area contributed by atoms with Crippen LogP contribution in [0.2, 0.25) is 0 Å². The molecule has 0 heterocycles. The van der Waals surface area contributed by atoms with Gasteiger partial charge in [-0.05, 0) is 24.3 Å². The van der Waals surface area contributed by atoms with Crippen molar-refractivity contribution >= 4 is 5.97 Å². The maximum Gasteiger partial charge on any atom is 0.573 e. The molecule has 0 saturated carbocycles. The number of carboxylic acids is 1. The molecule has 1 rings (SSSR count). The lowest BCUT2D eigenvalue weighted by atomic mass is 10.2. The highest BCUT2D eigenvalue weighted by Gasteiger charge is 2.43. The number of carboxylic acid groups (broad SMARTS) is 1. The number of rotatable bonds is 5. The van der Waals surface area contributed by atoms with Gasteiger partial charge in [0.1, 0.15) is 11.5 Å². The van der Waals surface area contributed by atoms with Gasteiger partial charge in [0.15, 0.2) is 0 Å². The van der Waals surface area contributed by atoms with Gasteiger partial charge in [-0.25, -0.2) is 0 Å². The van der Waals surface area contributed by atoms with Crippen molar-refractivity contribution in [2.45, 2.75) is 25.1 Å². The Morgan fingerprint density at radius 1 is 1.05 bits per heavy atom. The molecule has 1 atom stereocenters. The predicted molar refractivity (Wildman–Crippen MR) is 55.8 cm³/mol. The van der Waals surface area contributed by atoms with Crippen molar-refractivity contribution in [2.75, 3.05) is 0 Å². The number of halogens is 6. The summed E-state index contributed by atoms with van der Waals surface area (Å²) in [7, 11) is 0. The average Bonchev–Trinajstić information content (AvgIpc) is 2.27. The number of carbonyl (C=O) groups is 1. The molecule has 1 N–H and O–H groups in total. The lowest BCUT2D eigenvalue weighted by molar-refractivity contribution is -0.274. The largest absolute Gasteiger partial charge is 0.573 e. The fourth-order valence-corrected chi connectivity index (χ4v) is 1.27. The summed E-state index contributed by atoms with van der Waals surface area (Å²) in [6, 6.07) is 3.11. The molecule has 1 aromatic carbocycles. The van der Waals surface area contributed by atoms with Crippen LogP contribution >= 0.6 is 0 Å². The first-order chi connectivity index (χ1) is 9.47. The van der Waals surface area contributed by atoms with E-state index in [1.807, 2.05) is 0 Å². The third-order valence-electron chi connectivity index (χ3n) is 2.06. The van der Waals surface area contributed by atoms with E-state index in [0.29, 0.717) is 0 Å². The van der Waals surface area contributed by atoms with Crippen LogP contribution in [-0.4, -0.2) is 29.7 Å². The van der Waals surface area contributed by atoms with Gasteiger partial charge in [-0.3, -0.25) is 4.79 Å². The minimum absolute atomic E-state index is 0.437. The SMILES string of the molecule is O=C(O)CC(Oc1ccc(OC(F)(F)F)cc1)C(F)(F)F. The molecule has 4 nitrogen and oxygen atoms in total. The van der Waals surface area contributed by atoms with Gasteiger partial charge in [0.05, 0.1) is 6.42 Å². The molecule has 0 fully saturated rings. The van der Waals surface area contributed by atoms with Gasteiger partial charge in [-0.2, -0.15) is 13.2 Å². The Balaban J connectivity index is 2.79. The quantitative estimate of drug-likeness (QED) is 0.846. The van der Waals surface area contributed by atoms with E-state index in [9.17, 15) is 31.1 Å². The van der Waals surface area contributed by atoms with Crippen LogP contribution in [0.1, 0.15) is 6.42 Å². The average molecular weight is 318 g/mol. The van der Waals surface area contributed by atoms with Gasteiger partial charge in [0.25, 0.3) is 0 Å². The van der Waals surface area contributed by atoms with Crippen molar-refractivity contribution in [1.82, 2.24) is 0 Å². The second-order valence-electron chi connectivity index (χ2n) is 3.77. The molecule has 0 aliphatic carbocycles. The van der Waals surface area contributed by atoms with Crippen LogP contribution < -0.4 is 9.47 Å². The lowest BCUT2D eigenvalue weighted by Crippen LogP contribution is -2.36. The van der Waals surface area contributed by atoms with Gasteiger partial charge < -0.3 is 14.6 Å². The monoisotopic (exact) mass is 318 g/mol. The molecule has 0 bridgehead atoms. The second kappa shape index (κ2) is 6.10. The Labute approximate surface area is 113 Å². The first kappa shape index (κ1) is 16.9. The molecule has 0 radical (unpaired) electrons. The zero-order chi connectivity index (χ0) is 16.3. The third-order valence-corrected chi connectivity index (χ3v) is 2.06. The van der Waals surface area contributed by atoms with E-state index >= 15 is 0 Å². The molecule has 0 aromatic heterocycles. The molecule has 0 aliphatic rings. The van der Waals surface area contributed by atoms with Gasteiger partial charge in [0, 0.05) is 0 Å². The lowest BCUT2D eigenvalue weighted by Gasteiger charge is -2.20. The summed E-state index contributed by atoms with van der Waals surface area (Å²) in [5, 5.41) is 8.37. The van der Waals surface area contributed by atoms with Crippen LogP contribution in [0.25, 0.3) is 0 Å². The fraction of sp³-hybridized carbons (Fsp3) is 0.364. The molecular formula is C11H8F6O4. The first-order valence-corrected chi connectivity index (χ1v) is 5.28. The normalized spacial score (nSPS) is 13.6. The number of hydrogen-bond donors (Lipinski definition) is 1. The van der Waals surface area contributed by atoms with E-state index in [1.54, 1.807) is 0 Å². The molecule has 21 heavy (non-hydrogen) atoms. The Kier molecular flexibility index (Phi) is 4.92. The smallest absolute Gasteiger partial charge is 0.481 e. The summed E-state index contributed by atoms with van der Waals surface area (Å²) in [6.07, 6.45) is -13.8.